The third-order valence-corrected chi connectivity index (χ3v) is 4.36. The van der Waals surface area contributed by atoms with E-state index in [-0.39, 0.29) is 12.5 Å². The number of carbonyl (C=O) groups excluding carboxylic acids is 1. The minimum atomic E-state index is -0.354. The monoisotopic (exact) mass is 394 g/mol. The molecule has 2 heterocycles. The lowest BCUT2D eigenvalue weighted by molar-refractivity contribution is 0.0946. The van der Waals surface area contributed by atoms with Crippen LogP contribution in [0.2, 0.25) is 5.02 Å². The van der Waals surface area contributed by atoms with Crippen molar-refractivity contribution in [3.05, 3.63) is 71.1 Å². The second-order valence-corrected chi connectivity index (χ2v) is 6.37. The van der Waals surface area contributed by atoms with Gasteiger partial charge in [-0.05, 0) is 30.3 Å². The van der Waals surface area contributed by atoms with Crippen LogP contribution in [0.4, 0.5) is 0 Å². The summed E-state index contributed by atoms with van der Waals surface area (Å²) in [5.41, 5.74) is 1.77. The molecule has 4 aromatic rings. The number of ether oxygens (including phenoxy) is 1. The Kier molecular flexibility index (Phi) is 4.90. The Morgan fingerprint density at radius 2 is 2.04 bits per heavy atom. The molecule has 0 fully saturated rings. The molecule has 1 amide bonds. The molecule has 0 aliphatic rings. The first-order valence-electron chi connectivity index (χ1n) is 8.44. The van der Waals surface area contributed by atoms with Gasteiger partial charge in [0.25, 0.3) is 11.8 Å². The summed E-state index contributed by atoms with van der Waals surface area (Å²) in [7, 11) is 1.51. The summed E-state index contributed by atoms with van der Waals surface area (Å²) in [5.74, 6) is 0.836. The summed E-state index contributed by atoms with van der Waals surface area (Å²) in [6.07, 6.45) is 1.46. The zero-order chi connectivity index (χ0) is 19.5. The van der Waals surface area contributed by atoms with Gasteiger partial charge in [-0.15, -0.1) is 0 Å². The highest BCUT2D eigenvalue weighted by Gasteiger charge is 2.17. The molecular formula is C20H15ClN4O3. The van der Waals surface area contributed by atoms with Crippen molar-refractivity contribution < 1.29 is 14.1 Å². The van der Waals surface area contributed by atoms with Gasteiger partial charge in [-0.3, -0.25) is 9.78 Å². The number of carbonyl (C=O) groups is 1. The van der Waals surface area contributed by atoms with Gasteiger partial charge in [0, 0.05) is 22.2 Å². The molecule has 0 saturated carbocycles. The van der Waals surface area contributed by atoms with E-state index in [1.807, 2.05) is 30.3 Å². The van der Waals surface area contributed by atoms with E-state index in [1.165, 1.54) is 13.3 Å². The standard InChI is InChI=1S/C20H15ClN4O3/c1-27-18-14-8-7-13(21)9-16(14)22-10-15(18)19(26)23-11-17-24-20(28-25-17)12-5-3-2-4-6-12/h2-10H,11H2,1H3,(H,23,26). The van der Waals surface area contributed by atoms with Gasteiger partial charge in [-0.1, -0.05) is 35.0 Å². The van der Waals surface area contributed by atoms with Gasteiger partial charge < -0.3 is 14.6 Å². The number of pyridine rings is 1. The zero-order valence-electron chi connectivity index (χ0n) is 14.8. The van der Waals surface area contributed by atoms with Crippen LogP contribution in [0.3, 0.4) is 0 Å². The molecule has 0 atom stereocenters. The highest BCUT2D eigenvalue weighted by molar-refractivity contribution is 6.31. The van der Waals surface area contributed by atoms with E-state index in [0.717, 1.165) is 5.56 Å². The Bertz CT molecular complexity index is 1140. The van der Waals surface area contributed by atoms with Gasteiger partial charge in [0.1, 0.15) is 11.3 Å². The normalized spacial score (nSPS) is 10.8. The molecule has 0 bridgehead atoms. The van der Waals surface area contributed by atoms with Crippen LogP contribution in [0.25, 0.3) is 22.4 Å². The minimum absolute atomic E-state index is 0.108. The van der Waals surface area contributed by atoms with E-state index in [2.05, 4.69) is 20.4 Å². The topological polar surface area (TPSA) is 90.1 Å². The summed E-state index contributed by atoms with van der Waals surface area (Å²) in [6, 6.07) is 14.6. The fourth-order valence-corrected chi connectivity index (χ4v) is 2.97. The fraction of sp³-hybridized carbons (Fsp3) is 0.100. The van der Waals surface area contributed by atoms with Crippen molar-refractivity contribution in [2.75, 3.05) is 7.11 Å². The summed E-state index contributed by atoms with van der Waals surface area (Å²) >= 11 is 6.00. The third-order valence-electron chi connectivity index (χ3n) is 4.13. The van der Waals surface area contributed by atoms with Gasteiger partial charge in [-0.25, -0.2) is 0 Å². The maximum Gasteiger partial charge on any atom is 0.257 e. The van der Waals surface area contributed by atoms with Crippen molar-refractivity contribution in [1.29, 1.82) is 0 Å². The Balaban J connectivity index is 1.53. The Labute approximate surface area is 165 Å². The molecule has 4 rings (SSSR count). The lowest BCUT2D eigenvalue weighted by Crippen LogP contribution is -2.24. The number of aromatic nitrogens is 3. The molecule has 2 aromatic heterocycles. The maximum atomic E-state index is 12.6. The number of rotatable bonds is 5. The van der Waals surface area contributed by atoms with E-state index >= 15 is 0 Å². The number of hydrogen-bond donors (Lipinski definition) is 1. The summed E-state index contributed by atoms with van der Waals surface area (Å²) in [5, 5.41) is 7.92. The van der Waals surface area contributed by atoms with Crippen LogP contribution in [-0.2, 0) is 6.54 Å². The van der Waals surface area contributed by atoms with Crippen LogP contribution < -0.4 is 10.1 Å². The Hall–Kier alpha value is -3.45. The first kappa shape index (κ1) is 17.9. The average Bonchev–Trinajstić information content (AvgIpc) is 3.20. The number of benzene rings is 2. The van der Waals surface area contributed by atoms with E-state index in [9.17, 15) is 4.79 Å². The van der Waals surface area contributed by atoms with Crippen LogP contribution in [0.1, 0.15) is 16.2 Å². The number of nitrogens with one attached hydrogen (secondary N) is 1. The van der Waals surface area contributed by atoms with E-state index in [4.69, 9.17) is 20.9 Å². The van der Waals surface area contributed by atoms with Crippen molar-refractivity contribution in [3.8, 4) is 17.2 Å². The quantitative estimate of drug-likeness (QED) is 0.552. The number of nitrogens with zero attached hydrogens (tertiary/aromatic N) is 3. The maximum absolute atomic E-state index is 12.6. The zero-order valence-corrected chi connectivity index (χ0v) is 15.6. The number of halogens is 1. The number of hydrogen-bond acceptors (Lipinski definition) is 6. The van der Waals surface area contributed by atoms with Gasteiger partial charge in [0.05, 0.1) is 19.2 Å². The molecule has 2 aromatic carbocycles. The number of fused-ring (bicyclic) bond motifs is 1. The van der Waals surface area contributed by atoms with Gasteiger partial charge in [0.15, 0.2) is 5.82 Å². The van der Waals surface area contributed by atoms with Gasteiger partial charge in [-0.2, -0.15) is 4.98 Å². The smallest absolute Gasteiger partial charge is 0.257 e. The lowest BCUT2D eigenvalue weighted by Gasteiger charge is -2.11. The molecule has 8 heteroatoms. The average molecular weight is 395 g/mol. The molecular weight excluding hydrogens is 380 g/mol. The molecule has 1 N–H and O–H groups in total. The molecule has 28 heavy (non-hydrogen) atoms. The first-order valence-corrected chi connectivity index (χ1v) is 8.82. The van der Waals surface area contributed by atoms with Gasteiger partial charge in [0.2, 0.25) is 0 Å². The van der Waals surface area contributed by atoms with Crippen LogP contribution in [0.15, 0.2) is 59.3 Å². The summed E-state index contributed by atoms with van der Waals surface area (Å²) in [4.78, 5) is 21.2. The summed E-state index contributed by atoms with van der Waals surface area (Å²) < 4.78 is 10.7. The van der Waals surface area contributed by atoms with Crippen LogP contribution in [0, 0.1) is 0 Å². The van der Waals surface area contributed by atoms with Crippen molar-refractivity contribution in [3.63, 3.8) is 0 Å². The Morgan fingerprint density at radius 3 is 2.82 bits per heavy atom. The molecule has 0 unspecified atom stereocenters. The molecule has 140 valence electrons. The number of methoxy groups -OCH3 is 1. The van der Waals surface area contributed by atoms with Crippen LogP contribution >= 0.6 is 11.6 Å². The molecule has 7 nitrogen and oxygen atoms in total. The SMILES string of the molecule is COc1c(C(=O)NCc2noc(-c3ccccc3)n2)cnc2cc(Cl)ccc12. The predicted molar refractivity (Wildman–Crippen MR) is 104 cm³/mol. The summed E-state index contributed by atoms with van der Waals surface area (Å²) in [6.45, 7) is 0.108. The molecule has 0 aliphatic heterocycles. The van der Waals surface area contributed by atoms with Crippen molar-refractivity contribution >= 4 is 28.4 Å². The predicted octanol–water partition coefficient (Wildman–Crippen LogP) is 3.88. The largest absolute Gasteiger partial charge is 0.495 e. The van der Waals surface area contributed by atoms with E-state index < -0.39 is 0 Å². The molecule has 0 saturated heterocycles. The fourth-order valence-electron chi connectivity index (χ4n) is 2.80. The molecule has 0 spiro atoms. The second kappa shape index (κ2) is 7.66. The Morgan fingerprint density at radius 1 is 1.21 bits per heavy atom. The van der Waals surface area contributed by atoms with Crippen molar-refractivity contribution in [2.24, 2.45) is 0 Å². The molecule has 0 aliphatic carbocycles. The van der Waals surface area contributed by atoms with Crippen molar-refractivity contribution in [1.82, 2.24) is 20.4 Å². The van der Waals surface area contributed by atoms with Crippen molar-refractivity contribution in [2.45, 2.75) is 6.54 Å². The van der Waals surface area contributed by atoms with Crippen LogP contribution in [0.5, 0.6) is 5.75 Å². The third kappa shape index (κ3) is 3.52. The van der Waals surface area contributed by atoms with E-state index in [0.29, 0.717) is 39.0 Å². The second-order valence-electron chi connectivity index (χ2n) is 5.93. The first-order chi connectivity index (χ1) is 13.7. The highest BCUT2D eigenvalue weighted by Crippen LogP contribution is 2.29. The highest BCUT2D eigenvalue weighted by atomic mass is 35.5. The van der Waals surface area contributed by atoms with Gasteiger partial charge >= 0.3 is 0 Å². The number of amides is 1. The van der Waals surface area contributed by atoms with E-state index in [1.54, 1.807) is 18.2 Å². The molecule has 0 radical (unpaired) electrons. The minimum Gasteiger partial charge on any atom is -0.495 e. The lowest BCUT2D eigenvalue weighted by atomic mass is 10.1. The van der Waals surface area contributed by atoms with Crippen LogP contribution in [-0.4, -0.2) is 28.1 Å².